The van der Waals surface area contributed by atoms with E-state index in [1.54, 1.807) is 17.1 Å². The van der Waals surface area contributed by atoms with Gasteiger partial charge in [-0.05, 0) is 30.3 Å². The summed E-state index contributed by atoms with van der Waals surface area (Å²) in [6.45, 7) is 0. The molecule has 3 heterocycles. The molecule has 0 saturated carbocycles. The van der Waals surface area contributed by atoms with Crippen LogP contribution in [-0.4, -0.2) is 19.7 Å². The van der Waals surface area contributed by atoms with Crippen LogP contribution in [0.3, 0.4) is 0 Å². The number of rotatable bonds is 3. The van der Waals surface area contributed by atoms with E-state index in [4.69, 9.17) is 0 Å². The summed E-state index contributed by atoms with van der Waals surface area (Å²) in [5, 5.41) is 8.09. The van der Waals surface area contributed by atoms with E-state index in [9.17, 15) is 13.2 Å². The molecular formula is C18H14F3N5. The smallest absolute Gasteiger partial charge is 0.354 e. The molecule has 0 saturated heterocycles. The standard InChI is InChI=1S/C18H14F3N5/c1-26-10-12(9-23-26)15-6-11-8-22-17(7-16(11)25-15)24-14-4-2-13(3-5-14)18(19,20)21/h2-10,25H,1H3,(H,22,24). The Bertz CT molecular complexity index is 1060. The van der Waals surface area contributed by atoms with Crippen LogP contribution in [0.1, 0.15) is 5.56 Å². The molecule has 4 rings (SSSR count). The number of aryl methyl sites for hydroxylation is 1. The number of hydrogen-bond acceptors (Lipinski definition) is 3. The topological polar surface area (TPSA) is 58.5 Å². The molecule has 0 unspecified atom stereocenters. The lowest BCUT2D eigenvalue weighted by atomic mass is 10.2. The third kappa shape index (κ3) is 3.13. The van der Waals surface area contributed by atoms with Crippen LogP contribution in [0.25, 0.3) is 22.2 Å². The molecule has 0 spiro atoms. The van der Waals surface area contributed by atoms with Crippen molar-refractivity contribution >= 4 is 22.4 Å². The molecule has 2 N–H and O–H groups in total. The molecule has 0 bridgehead atoms. The number of alkyl halides is 3. The zero-order chi connectivity index (χ0) is 18.3. The van der Waals surface area contributed by atoms with E-state index in [1.165, 1.54) is 12.1 Å². The number of halogens is 3. The van der Waals surface area contributed by atoms with E-state index in [0.717, 1.165) is 34.3 Å². The Morgan fingerprint density at radius 2 is 1.85 bits per heavy atom. The van der Waals surface area contributed by atoms with Crippen molar-refractivity contribution in [3.8, 4) is 11.3 Å². The Morgan fingerprint density at radius 3 is 2.50 bits per heavy atom. The average Bonchev–Trinajstić information content (AvgIpc) is 3.20. The summed E-state index contributed by atoms with van der Waals surface area (Å²) in [6.07, 6.45) is 1.03. The van der Waals surface area contributed by atoms with Gasteiger partial charge < -0.3 is 10.3 Å². The van der Waals surface area contributed by atoms with Crippen molar-refractivity contribution in [1.82, 2.24) is 19.7 Å². The molecule has 5 nitrogen and oxygen atoms in total. The fraction of sp³-hybridized carbons (Fsp3) is 0.111. The van der Waals surface area contributed by atoms with E-state index < -0.39 is 11.7 Å². The Balaban J connectivity index is 1.59. The van der Waals surface area contributed by atoms with Gasteiger partial charge in [0.25, 0.3) is 0 Å². The SMILES string of the molecule is Cn1cc(-c2cc3cnc(Nc4ccc(C(F)(F)F)cc4)cc3[nH]2)cn1. The number of nitrogens with zero attached hydrogens (tertiary/aromatic N) is 3. The Labute approximate surface area is 146 Å². The second-order valence-corrected chi connectivity index (χ2v) is 5.94. The van der Waals surface area contributed by atoms with Gasteiger partial charge in [-0.3, -0.25) is 4.68 Å². The van der Waals surface area contributed by atoms with Gasteiger partial charge in [0.05, 0.1) is 17.3 Å². The predicted molar refractivity (Wildman–Crippen MR) is 93.0 cm³/mol. The lowest BCUT2D eigenvalue weighted by molar-refractivity contribution is -0.137. The third-order valence-corrected chi connectivity index (χ3v) is 4.00. The minimum Gasteiger partial charge on any atom is -0.354 e. The molecule has 3 aromatic heterocycles. The summed E-state index contributed by atoms with van der Waals surface area (Å²) in [5.74, 6) is 0.539. The summed E-state index contributed by atoms with van der Waals surface area (Å²) in [5.41, 5.74) is 2.59. The predicted octanol–water partition coefficient (Wildman–Crippen LogP) is 4.73. The number of pyridine rings is 1. The molecule has 1 aromatic carbocycles. The lowest BCUT2D eigenvalue weighted by Gasteiger charge is -2.09. The molecule has 0 aliphatic rings. The van der Waals surface area contributed by atoms with Crippen molar-refractivity contribution in [2.24, 2.45) is 7.05 Å². The summed E-state index contributed by atoms with van der Waals surface area (Å²) in [6, 6.07) is 8.62. The second-order valence-electron chi connectivity index (χ2n) is 5.94. The van der Waals surface area contributed by atoms with Crippen molar-refractivity contribution in [3.05, 3.63) is 60.6 Å². The van der Waals surface area contributed by atoms with Crippen LogP contribution in [0.2, 0.25) is 0 Å². The first-order chi connectivity index (χ1) is 12.4. The highest BCUT2D eigenvalue weighted by Gasteiger charge is 2.29. The summed E-state index contributed by atoms with van der Waals surface area (Å²) < 4.78 is 39.6. The monoisotopic (exact) mass is 357 g/mol. The highest BCUT2D eigenvalue weighted by Crippen LogP contribution is 2.30. The molecular weight excluding hydrogens is 343 g/mol. The molecule has 0 amide bonds. The molecule has 26 heavy (non-hydrogen) atoms. The molecule has 0 aliphatic carbocycles. The maximum Gasteiger partial charge on any atom is 0.416 e. The average molecular weight is 357 g/mol. The van der Waals surface area contributed by atoms with E-state index in [-0.39, 0.29) is 0 Å². The van der Waals surface area contributed by atoms with Crippen LogP contribution in [0.4, 0.5) is 24.7 Å². The maximum atomic E-state index is 12.6. The molecule has 8 heteroatoms. The van der Waals surface area contributed by atoms with Gasteiger partial charge in [-0.15, -0.1) is 0 Å². The minimum atomic E-state index is -4.34. The van der Waals surface area contributed by atoms with Crippen LogP contribution in [-0.2, 0) is 13.2 Å². The number of aromatic nitrogens is 4. The highest BCUT2D eigenvalue weighted by molar-refractivity contribution is 5.87. The van der Waals surface area contributed by atoms with E-state index in [2.05, 4.69) is 20.4 Å². The molecule has 0 fully saturated rings. The third-order valence-electron chi connectivity index (χ3n) is 4.00. The molecule has 0 radical (unpaired) electrons. The van der Waals surface area contributed by atoms with Gasteiger partial charge >= 0.3 is 6.18 Å². The van der Waals surface area contributed by atoms with Crippen LogP contribution in [0, 0.1) is 0 Å². The highest BCUT2D eigenvalue weighted by atomic mass is 19.4. The zero-order valence-electron chi connectivity index (χ0n) is 13.7. The van der Waals surface area contributed by atoms with Gasteiger partial charge in [0.2, 0.25) is 0 Å². The normalized spacial score (nSPS) is 11.8. The molecule has 4 aromatic rings. The minimum absolute atomic E-state index is 0.531. The number of hydrogen-bond donors (Lipinski definition) is 2. The van der Waals surface area contributed by atoms with Crippen LogP contribution in [0.5, 0.6) is 0 Å². The first-order valence-electron chi connectivity index (χ1n) is 7.80. The van der Waals surface area contributed by atoms with Crippen LogP contribution in [0.15, 0.2) is 55.0 Å². The van der Waals surface area contributed by atoms with Gasteiger partial charge in [-0.2, -0.15) is 18.3 Å². The van der Waals surface area contributed by atoms with E-state index in [1.807, 2.05) is 25.4 Å². The summed E-state index contributed by atoms with van der Waals surface area (Å²) in [7, 11) is 1.85. The molecule has 0 atom stereocenters. The number of anilines is 2. The number of aromatic amines is 1. The quantitative estimate of drug-likeness (QED) is 0.557. The van der Waals surface area contributed by atoms with E-state index in [0.29, 0.717) is 11.5 Å². The summed E-state index contributed by atoms with van der Waals surface area (Å²) in [4.78, 5) is 7.61. The Morgan fingerprint density at radius 1 is 1.08 bits per heavy atom. The lowest BCUT2D eigenvalue weighted by Crippen LogP contribution is -2.04. The Hall–Kier alpha value is -3.29. The number of nitrogens with one attached hydrogen (secondary N) is 2. The van der Waals surface area contributed by atoms with Gasteiger partial charge in [0.1, 0.15) is 5.82 Å². The number of fused-ring (bicyclic) bond motifs is 1. The number of benzene rings is 1. The van der Waals surface area contributed by atoms with Crippen molar-refractivity contribution in [1.29, 1.82) is 0 Å². The first-order valence-corrected chi connectivity index (χ1v) is 7.80. The van der Waals surface area contributed by atoms with Crippen LogP contribution < -0.4 is 5.32 Å². The fourth-order valence-corrected chi connectivity index (χ4v) is 2.70. The van der Waals surface area contributed by atoms with Gasteiger partial charge in [-0.1, -0.05) is 0 Å². The van der Waals surface area contributed by atoms with Crippen molar-refractivity contribution in [3.63, 3.8) is 0 Å². The van der Waals surface area contributed by atoms with Gasteiger partial charge in [0.15, 0.2) is 0 Å². The first kappa shape index (κ1) is 16.2. The fourth-order valence-electron chi connectivity index (χ4n) is 2.70. The number of H-pyrrole nitrogens is 1. The zero-order valence-corrected chi connectivity index (χ0v) is 13.7. The van der Waals surface area contributed by atoms with Crippen molar-refractivity contribution < 1.29 is 13.2 Å². The second kappa shape index (κ2) is 5.91. The van der Waals surface area contributed by atoms with Crippen molar-refractivity contribution in [2.45, 2.75) is 6.18 Å². The molecule has 132 valence electrons. The van der Waals surface area contributed by atoms with Crippen molar-refractivity contribution in [2.75, 3.05) is 5.32 Å². The summed E-state index contributed by atoms with van der Waals surface area (Å²) >= 11 is 0. The van der Waals surface area contributed by atoms with Gasteiger partial charge in [-0.25, -0.2) is 4.98 Å². The largest absolute Gasteiger partial charge is 0.416 e. The Kier molecular flexibility index (Phi) is 3.68. The van der Waals surface area contributed by atoms with E-state index >= 15 is 0 Å². The van der Waals surface area contributed by atoms with Gasteiger partial charge in [0, 0.05) is 47.8 Å². The molecule has 0 aliphatic heterocycles. The van der Waals surface area contributed by atoms with Crippen LogP contribution >= 0.6 is 0 Å². The maximum absolute atomic E-state index is 12.6.